The third-order valence-corrected chi connectivity index (χ3v) is 2.83. The molecule has 1 rings (SSSR count). The van der Waals surface area contributed by atoms with Crippen molar-refractivity contribution < 1.29 is 30.3 Å². The molecule has 0 unspecified atom stereocenters. The second kappa shape index (κ2) is 5.63. The molecule has 5 atom stereocenters. The van der Waals surface area contributed by atoms with Gasteiger partial charge in [-0.2, -0.15) is 13.5 Å². The van der Waals surface area contributed by atoms with E-state index in [0.717, 1.165) is 0 Å². The summed E-state index contributed by atoms with van der Waals surface area (Å²) in [6.45, 7) is 2.66. The fourth-order valence-corrected chi connectivity index (χ4v) is 1.66. The molecule has 7 heteroatoms. The Morgan fingerprint density at radius 2 is 1.69 bits per heavy atom. The Morgan fingerprint density at radius 3 is 2.06 bits per heavy atom. The van der Waals surface area contributed by atoms with Crippen molar-refractivity contribution in [2.75, 3.05) is 6.61 Å². The maximum atomic E-state index is 9.95. The van der Waals surface area contributed by atoms with E-state index >= 15 is 0 Å². The van der Waals surface area contributed by atoms with Gasteiger partial charge in [-0.15, -0.1) is 0 Å². The first kappa shape index (κ1) is 16.1. The van der Waals surface area contributed by atoms with Crippen LogP contribution in [-0.2, 0) is 4.74 Å². The predicted molar refractivity (Wildman–Crippen MR) is 60.1 cm³/mol. The largest absolute Gasteiger partial charge is 0.394 e. The average molecular weight is 256 g/mol. The Morgan fingerprint density at radius 1 is 1.19 bits per heavy atom. The zero-order valence-electron chi connectivity index (χ0n) is 9.24. The third kappa shape index (κ3) is 2.51. The number of aliphatic hydroxyl groups is 5. The van der Waals surface area contributed by atoms with Crippen molar-refractivity contribution in [2.45, 2.75) is 44.1 Å². The monoisotopic (exact) mass is 256 g/mol. The Hall–Kier alpha value is 0.110. The lowest BCUT2D eigenvalue weighted by Crippen LogP contribution is -2.67. The lowest BCUT2D eigenvalue weighted by Gasteiger charge is -2.47. The average Bonchev–Trinajstić information content (AvgIpc) is 2.20. The molecule has 0 amide bonds. The van der Waals surface area contributed by atoms with Crippen LogP contribution in [0.25, 0.3) is 0 Å². The fraction of sp³-hybridized carbons (Fsp3) is 1.00. The highest BCUT2D eigenvalue weighted by atomic mass is 32.1. The van der Waals surface area contributed by atoms with Gasteiger partial charge in [0, 0.05) is 5.92 Å². The summed E-state index contributed by atoms with van der Waals surface area (Å²) >= 11 is 0. The molecule has 1 heterocycles. The van der Waals surface area contributed by atoms with Crippen molar-refractivity contribution >= 4 is 13.5 Å². The molecule has 16 heavy (non-hydrogen) atoms. The highest BCUT2D eigenvalue weighted by Gasteiger charge is 2.53. The van der Waals surface area contributed by atoms with Gasteiger partial charge in [0.15, 0.2) is 5.79 Å². The van der Waals surface area contributed by atoms with Crippen molar-refractivity contribution in [2.24, 2.45) is 5.92 Å². The number of rotatable bonds is 2. The highest BCUT2D eigenvalue weighted by Crippen LogP contribution is 2.33. The quantitative estimate of drug-likeness (QED) is 0.388. The molecule has 6 nitrogen and oxygen atoms in total. The summed E-state index contributed by atoms with van der Waals surface area (Å²) in [5, 5.41) is 47.3. The predicted octanol–water partition coefficient (Wildman–Crippen LogP) is -2.08. The first-order chi connectivity index (χ1) is 6.84. The molecule has 0 saturated carbocycles. The summed E-state index contributed by atoms with van der Waals surface area (Å²) in [5.74, 6) is -2.44. The van der Waals surface area contributed by atoms with Gasteiger partial charge >= 0.3 is 0 Å². The van der Waals surface area contributed by atoms with Crippen molar-refractivity contribution in [1.29, 1.82) is 0 Å². The van der Waals surface area contributed by atoms with Crippen LogP contribution in [0.1, 0.15) is 13.8 Å². The van der Waals surface area contributed by atoms with E-state index < -0.39 is 42.7 Å². The van der Waals surface area contributed by atoms with Crippen LogP contribution in [0.4, 0.5) is 0 Å². The number of ether oxygens (including phenoxy) is 1. The van der Waals surface area contributed by atoms with Gasteiger partial charge < -0.3 is 30.3 Å². The molecule has 0 aromatic heterocycles. The second-order valence-electron chi connectivity index (χ2n) is 4.17. The molecule has 0 bridgehead atoms. The normalized spacial score (nSPS) is 44.2. The summed E-state index contributed by atoms with van der Waals surface area (Å²) in [4.78, 5) is 0. The first-order valence-electron chi connectivity index (χ1n) is 4.89. The maximum Gasteiger partial charge on any atom is 0.197 e. The van der Waals surface area contributed by atoms with E-state index in [4.69, 9.17) is 9.84 Å². The third-order valence-electron chi connectivity index (χ3n) is 2.83. The van der Waals surface area contributed by atoms with Crippen molar-refractivity contribution in [3.63, 3.8) is 0 Å². The van der Waals surface area contributed by atoms with Crippen LogP contribution in [0.5, 0.6) is 0 Å². The molecular weight excluding hydrogens is 236 g/mol. The van der Waals surface area contributed by atoms with E-state index in [1.165, 1.54) is 0 Å². The Bertz CT molecular complexity index is 224. The van der Waals surface area contributed by atoms with E-state index in [1.54, 1.807) is 13.8 Å². The van der Waals surface area contributed by atoms with E-state index in [0.29, 0.717) is 0 Å². The van der Waals surface area contributed by atoms with Gasteiger partial charge in [0.05, 0.1) is 6.61 Å². The standard InChI is InChI=1S/C9H18O6.H2S/c1-4(2)9(14)8(13)7(12)6(11)5(3-10)15-9;/h4-8,10-14H,3H2,1-2H3;1H2/t5-,6+,7+,8-,9-;/m1./s1. The van der Waals surface area contributed by atoms with Gasteiger partial charge in [0.25, 0.3) is 0 Å². The topological polar surface area (TPSA) is 110 Å². The van der Waals surface area contributed by atoms with E-state index in [1.807, 2.05) is 0 Å². The minimum atomic E-state index is -1.95. The second-order valence-corrected chi connectivity index (χ2v) is 4.17. The van der Waals surface area contributed by atoms with Gasteiger partial charge in [-0.05, 0) is 0 Å². The molecule has 0 aromatic carbocycles. The molecular formula is C9H20O6S. The Balaban J connectivity index is 0.00000225. The Labute approximate surface area is 101 Å². The molecule has 1 saturated heterocycles. The van der Waals surface area contributed by atoms with Crippen LogP contribution in [0.2, 0.25) is 0 Å². The molecule has 5 N–H and O–H groups in total. The van der Waals surface area contributed by atoms with Crippen LogP contribution in [0.3, 0.4) is 0 Å². The van der Waals surface area contributed by atoms with E-state index in [-0.39, 0.29) is 13.5 Å². The highest BCUT2D eigenvalue weighted by molar-refractivity contribution is 7.59. The van der Waals surface area contributed by atoms with Gasteiger partial charge in [-0.25, -0.2) is 0 Å². The Kier molecular flexibility index (Phi) is 5.67. The number of hydrogen-bond acceptors (Lipinski definition) is 6. The lowest BCUT2D eigenvalue weighted by molar-refractivity contribution is -0.364. The fourth-order valence-electron chi connectivity index (χ4n) is 1.66. The van der Waals surface area contributed by atoms with Gasteiger partial charge in [0.2, 0.25) is 0 Å². The summed E-state index contributed by atoms with van der Waals surface area (Å²) in [5.41, 5.74) is 0. The SMILES string of the molecule is CC(C)[C@@]1(O)O[C@H](CO)[C@H](O)[C@H](O)[C@H]1O.S. The summed E-state index contributed by atoms with van der Waals surface area (Å²) < 4.78 is 5.03. The molecule has 98 valence electrons. The summed E-state index contributed by atoms with van der Waals surface area (Å²) in [6.07, 6.45) is -5.65. The van der Waals surface area contributed by atoms with Crippen LogP contribution in [-0.4, -0.2) is 62.3 Å². The zero-order valence-corrected chi connectivity index (χ0v) is 10.2. The number of aliphatic hydroxyl groups excluding tert-OH is 4. The minimum Gasteiger partial charge on any atom is -0.394 e. The number of hydrogen-bond donors (Lipinski definition) is 5. The molecule has 1 aliphatic rings. The maximum absolute atomic E-state index is 9.95. The first-order valence-corrected chi connectivity index (χ1v) is 4.89. The van der Waals surface area contributed by atoms with E-state index in [9.17, 15) is 20.4 Å². The molecule has 0 radical (unpaired) electrons. The van der Waals surface area contributed by atoms with Gasteiger partial charge in [-0.3, -0.25) is 0 Å². The van der Waals surface area contributed by atoms with Crippen molar-refractivity contribution in [3.8, 4) is 0 Å². The van der Waals surface area contributed by atoms with Crippen LogP contribution in [0, 0.1) is 5.92 Å². The van der Waals surface area contributed by atoms with Gasteiger partial charge in [0.1, 0.15) is 24.4 Å². The molecule has 0 aromatic rings. The molecule has 1 aliphatic heterocycles. The molecule has 0 aliphatic carbocycles. The van der Waals surface area contributed by atoms with E-state index in [2.05, 4.69) is 0 Å². The van der Waals surface area contributed by atoms with Crippen molar-refractivity contribution in [3.05, 3.63) is 0 Å². The summed E-state index contributed by atoms with van der Waals surface area (Å²) in [7, 11) is 0. The van der Waals surface area contributed by atoms with Crippen LogP contribution >= 0.6 is 13.5 Å². The summed E-state index contributed by atoms with van der Waals surface area (Å²) in [6, 6.07) is 0. The smallest absolute Gasteiger partial charge is 0.197 e. The van der Waals surface area contributed by atoms with Crippen LogP contribution < -0.4 is 0 Å². The lowest BCUT2D eigenvalue weighted by atomic mass is 9.86. The van der Waals surface area contributed by atoms with Gasteiger partial charge in [-0.1, -0.05) is 13.8 Å². The molecule has 1 fully saturated rings. The molecule has 0 spiro atoms. The van der Waals surface area contributed by atoms with Crippen LogP contribution in [0.15, 0.2) is 0 Å². The zero-order chi connectivity index (χ0) is 11.8. The van der Waals surface area contributed by atoms with Crippen molar-refractivity contribution in [1.82, 2.24) is 0 Å². The minimum absolute atomic E-state index is 0.